The molecule has 1 aliphatic heterocycles. The molecule has 0 bridgehead atoms. The maximum atomic E-state index is 11.1. The Labute approximate surface area is 116 Å². The van der Waals surface area contributed by atoms with Crippen molar-refractivity contribution in [1.82, 2.24) is 10.3 Å². The van der Waals surface area contributed by atoms with Gasteiger partial charge in [-0.3, -0.25) is 9.78 Å². The average molecular weight is 272 g/mol. The van der Waals surface area contributed by atoms with Gasteiger partial charge in [0.05, 0.1) is 13.0 Å². The van der Waals surface area contributed by atoms with Crippen LogP contribution in [0, 0.1) is 5.92 Å². The summed E-state index contributed by atoms with van der Waals surface area (Å²) in [6, 6.07) is 7.81. The van der Waals surface area contributed by atoms with E-state index in [1.54, 1.807) is 13.3 Å². The number of ether oxygens (including phenoxy) is 1. The third kappa shape index (κ3) is 2.10. The van der Waals surface area contributed by atoms with Gasteiger partial charge in [0, 0.05) is 24.2 Å². The van der Waals surface area contributed by atoms with Gasteiger partial charge in [-0.05, 0) is 24.1 Å². The highest BCUT2D eigenvalue weighted by atomic mass is 16.5. The summed E-state index contributed by atoms with van der Waals surface area (Å²) < 4.78 is 5.33. The number of hydrogen-bond donors (Lipinski definition) is 2. The topological polar surface area (TPSA) is 71.5 Å². The second kappa shape index (κ2) is 5.09. The second-order valence-corrected chi connectivity index (χ2v) is 4.99. The molecule has 0 amide bonds. The molecule has 2 N–H and O–H groups in total. The van der Waals surface area contributed by atoms with Crippen LogP contribution in [-0.2, 0) is 4.79 Å². The molecule has 1 aromatic carbocycles. The molecule has 5 heteroatoms. The van der Waals surface area contributed by atoms with E-state index >= 15 is 0 Å². The number of fused-ring (bicyclic) bond motifs is 1. The van der Waals surface area contributed by atoms with E-state index in [1.807, 2.05) is 24.3 Å². The fourth-order valence-electron chi connectivity index (χ4n) is 2.80. The van der Waals surface area contributed by atoms with Crippen LogP contribution in [0.3, 0.4) is 0 Å². The molecular formula is C15H16N2O3. The zero-order chi connectivity index (χ0) is 14.1. The van der Waals surface area contributed by atoms with Crippen LogP contribution in [0.1, 0.15) is 18.0 Å². The van der Waals surface area contributed by atoms with Crippen LogP contribution >= 0.6 is 0 Å². The fraction of sp³-hybridized carbons (Fsp3) is 0.333. The lowest BCUT2D eigenvalue weighted by Gasteiger charge is -2.15. The van der Waals surface area contributed by atoms with Gasteiger partial charge in [0.25, 0.3) is 0 Å². The lowest BCUT2D eigenvalue weighted by atomic mass is 9.96. The van der Waals surface area contributed by atoms with E-state index in [9.17, 15) is 4.79 Å². The van der Waals surface area contributed by atoms with E-state index in [0.717, 1.165) is 22.2 Å². The SMILES string of the molecule is COc1ccc(C2CC(C(=O)O)CN2)c2cccnc12. The second-order valence-electron chi connectivity index (χ2n) is 4.99. The Hall–Kier alpha value is -2.14. The number of aromatic nitrogens is 1. The van der Waals surface area contributed by atoms with Crippen LogP contribution in [0.4, 0.5) is 0 Å². The van der Waals surface area contributed by atoms with Crippen molar-refractivity contribution in [3.05, 3.63) is 36.0 Å². The first-order valence-corrected chi connectivity index (χ1v) is 6.58. The van der Waals surface area contributed by atoms with Crippen LogP contribution < -0.4 is 10.1 Å². The third-order valence-electron chi connectivity index (χ3n) is 3.84. The molecule has 0 saturated carbocycles. The molecule has 20 heavy (non-hydrogen) atoms. The normalized spacial score (nSPS) is 22.1. The molecule has 1 fully saturated rings. The van der Waals surface area contributed by atoms with Gasteiger partial charge in [-0.1, -0.05) is 12.1 Å². The highest BCUT2D eigenvalue weighted by molar-refractivity contribution is 5.88. The molecule has 0 radical (unpaired) electrons. The Morgan fingerprint density at radius 1 is 1.45 bits per heavy atom. The molecule has 1 aliphatic rings. The van der Waals surface area contributed by atoms with Crippen molar-refractivity contribution in [2.75, 3.05) is 13.7 Å². The number of hydrogen-bond acceptors (Lipinski definition) is 4. The Bertz CT molecular complexity index is 657. The summed E-state index contributed by atoms with van der Waals surface area (Å²) in [6.45, 7) is 0.508. The lowest BCUT2D eigenvalue weighted by molar-refractivity contribution is -0.141. The van der Waals surface area contributed by atoms with Crippen LogP contribution in [-0.4, -0.2) is 29.7 Å². The Kier molecular flexibility index (Phi) is 3.28. The first kappa shape index (κ1) is 12.9. The van der Waals surface area contributed by atoms with Gasteiger partial charge in [-0.2, -0.15) is 0 Å². The third-order valence-corrected chi connectivity index (χ3v) is 3.84. The Balaban J connectivity index is 2.03. The van der Waals surface area contributed by atoms with Crippen LogP contribution in [0.15, 0.2) is 30.5 Å². The zero-order valence-electron chi connectivity index (χ0n) is 11.2. The number of nitrogens with one attached hydrogen (secondary N) is 1. The van der Waals surface area contributed by atoms with Crippen LogP contribution in [0.2, 0.25) is 0 Å². The molecule has 0 spiro atoms. The average Bonchev–Trinajstić information content (AvgIpc) is 2.96. The number of pyridine rings is 1. The molecule has 3 rings (SSSR count). The summed E-state index contributed by atoms with van der Waals surface area (Å²) in [4.78, 5) is 15.4. The molecule has 2 atom stereocenters. The summed E-state index contributed by atoms with van der Waals surface area (Å²) in [5.74, 6) is -0.332. The Morgan fingerprint density at radius 3 is 3.00 bits per heavy atom. The monoisotopic (exact) mass is 272 g/mol. The molecule has 1 aromatic heterocycles. The number of rotatable bonds is 3. The molecule has 2 heterocycles. The van der Waals surface area contributed by atoms with Crippen molar-refractivity contribution < 1.29 is 14.6 Å². The molecular weight excluding hydrogens is 256 g/mol. The number of carboxylic acids is 1. The van der Waals surface area contributed by atoms with Crippen molar-refractivity contribution in [2.45, 2.75) is 12.5 Å². The van der Waals surface area contributed by atoms with Gasteiger partial charge in [-0.15, -0.1) is 0 Å². The standard InChI is InChI=1S/C15H16N2O3/c1-20-13-5-4-10(11-3-2-6-16-14(11)13)12-7-9(8-17-12)15(18)19/h2-6,9,12,17H,7-8H2,1H3,(H,18,19). The number of carbonyl (C=O) groups is 1. The molecule has 104 valence electrons. The van der Waals surface area contributed by atoms with Crippen molar-refractivity contribution in [3.63, 3.8) is 0 Å². The number of aliphatic carboxylic acids is 1. The van der Waals surface area contributed by atoms with E-state index in [0.29, 0.717) is 13.0 Å². The maximum absolute atomic E-state index is 11.1. The number of nitrogens with zero attached hydrogens (tertiary/aromatic N) is 1. The molecule has 0 aliphatic carbocycles. The van der Waals surface area contributed by atoms with Gasteiger partial charge in [0.15, 0.2) is 0 Å². The molecule has 1 saturated heterocycles. The van der Waals surface area contributed by atoms with Gasteiger partial charge >= 0.3 is 5.97 Å². The summed E-state index contributed by atoms with van der Waals surface area (Å²) in [5, 5.41) is 13.4. The largest absolute Gasteiger partial charge is 0.494 e. The quantitative estimate of drug-likeness (QED) is 0.894. The van der Waals surface area contributed by atoms with E-state index in [2.05, 4.69) is 10.3 Å². The van der Waals surface area contributed by atoms with E-state index in [4.69, 9.17) is 9.84 Å². The van der Waals surface area contributed by atoms with Crippen molar-refractivity contribution in [2.24, 2.45) is 5.92 Å². The van der Waals surface area contributed by atoms with Gasteiger partial charge in [0.2, 0.25) is 0 Å². The minimum atomic E-state index is -0.740. The summed E-state index contributed by atoms with van der Waals surface area (Å²) >= 11 is 0. The summed E-state index contributed by atoms with van der Waals surface area (Å²) in [5.41, 5.74) is 1.89. The van der Waals surface area contributed by atoms with Crippen molar-refractivity contribution >= 4 is 16.9 Å². The smallest absolute Gasteiger partial charge is 0.307 e. The highest BCUT2D eigenvalue weighted by Crippen LogP contribution is 2.34. The maximum Gasteiger partial charge on any atom is 0.307 e. The van der Waals surface area contributed by atoms with E-state index < -0.39 is 5.97 Å². The number of methoxy groups -OCH3 is 1. The highest BCUT2D eigenvalue weighted by Gasteiger charge is 2.31. The van der Waals surface area contributed by atoms with E-state index in [1.165, 1.54) is 0 Å². The predicted octanol–water partition coefficient (Wildman–Crippen LogP) is 1.98. The number of benzene rings is 1. The summed E-state index contributed by atoms with van der Waals surface area (Å²) in [6.07, 6.45) is 2.34. The first-order chi connectivity index (χ1) is 9.70. The van der Waals surface area contributed by atoms with Gasteiger partial charge < -0.3 is 15.2 Å². The molecule has 2 aromatic rings. The lowest BCUT2D eigenvalue weighted by Crippen LogP contribution is -2.17. The molecule has 5 nitrogen and oxygen atoms in total. The number of carboxylic acid groups (broad SMARTS) is 1. The van der Waals surface area contributed by atoms with Gasteiger partial charge in [0.1, 0.15) is 11.3 Å². The zero-order valence-corrected chi connectivity index (χ0v) is 11.2. The van der Waals surface area contributed by atoms with Gasteiger partial charge in [-0.25, -0.2) is 0 Å². The van der Waals surface area contributed by atoms with Crippen LogP contribution in [0.5, 0.6) is 5.75 Å². The fourth-order valence-corrected chi connectivity index (χ4v) is 2.80. The van der Waals surface area contributed by atoms with Crippen molar-refractivity contribution in [1.29, 1.82) is 0 Å². The minimum Gasteiger partial charge on any atom is -0.494 e. The first-order valence-electron chi connectivity index (χ1n) is 6.58. The van der Waals surface area contributed by atoms with E-state index in [-0.39, 0.29) is 12.0 Å². The predicted molar refractivity (Wildman–Crippen MR) is 74.8 cm³/mol. The van der Waals surface area contributed by atoms with Crippen molar-refractivity contribution in [3.8, 4) is 5.75 Å². The summed E-state index contributed by atoms with van der Waals surface area (Å²) in [7, 11) is 1.62. The molecule has 2 unspecified atom stereocenters. The minimum absolute atomic E-state index is 0.0497. The Morgan fingerprint density at radius 2 is 2.30 bits per heavy atom. The van der Waals surface area contributed by atoms with Crippen LogP contribution in [0.25, 0.3) is 10.9 Å².